The first-order valence-corrected chi connectivity index (χ1v) is 7.88. The summed E-state index contributed by atoms with van der Waals surface area (Å²) in [4.78, 5) is 38.2. The van der Waals surface area contributed by atoms with Crippen LogP contribution in [0.15, 0.2) is 36.4 Å². The second kappa shape index (κ2) is 6.36. The fourth-order valence-corrected chi connectivity index (χ4v) is 3.16. The van der Waals surface area contributed by atoms with E-state index in [4.69, 9.17) is 4.74 Å². The van der Waals surface area contributed by atoms with E-state index in [1.807, 2.05) is 19.1 Å². The molecule has 1 aromatic rings. The topological polar surface area (TPSA) is 63.7 Å². The number of carbonyl (C=O) groups is 3. The van der Waals surface area contributed by atoms with Crippen LogP contribution in [0.3, 0.4) is 0 Å². The van der Waals surface area contributed by atoms with Gasteiger partial charge in [-0.25, -0.2) is 0 Å². The van der Waals surface area contributed by atoms with Gasteiger partial charge in [-0.2, -0.15) is 0 Å². The van der Waals surface area contributed by atoms with Crippen LogP contribution in [0.2, 0.25) is 0 Å². The predicted molar refractivity (Wildman–Crippen MR) is 84.0 cm³/mol. The summed E-state index contributed by atoms with van der Waals surface area (Å²) in [5.41, 5.74) is 0.474. The van der Waals surface area contributed by atoms with Gasteiger partial charge in [0, 0.05) is 5.56 Å². The van der Waals surface area contributed by atoms with E-state index >= 15 is 0 Å². The standard InChI is InChI=1S/C18H19NO4/c1-2-23-13-9-7-12(8-10-13)16(20)11-19-17(21)14-5-3-4-6-15(14)18(19)22/h3-4,7-10,14-15H,2,5-6,11H2,1H3/t14-,15-/m0/s1. The molecule has 1 aliphatic carbocycles. The summed E-state index contributed by atoms with van der Waals surface area (Å²) in [5.74, 6) is -0.565. The number of ketones is 1. The summed E-state index contributed by atoms with van der Waals surface area (Å²) in [6, 6.07) is 6.75. The van der Waals surface area contributed by atoms with E-state index in [9.17, 15) is 14.4 Å². The molecule has 1 aliphatic heterocycles. The van der Waals surface area contributed by atoms with Gasteiger partial charge in [0.1, 0.15) is 5.75 Å². The monoisotopic (exact) mass is 313 g/mol. The van der Waals surface area contributed by atoms with Gasteiger partial charge in [0.05, 0.1) is 25.0 Å². The van der Waals surface area contributed by atoms with Crippen LogP contribution >= 0.6 is 0 Å². The third-order valence-electron chi connectivity index (χ3n) is 4.39. The van der Waals surface area contributed by atoms with Crippen LogP contribution < -0.4 is 4.74 Å². The minimum absolute atomic E-state index is 0.182. The van der Waals surface area contributed by atoms with Crippen LogP contribution in [-0.4, -0.2) is 35.6 Å². The van der Waals surface area contributed by atoms with Crippen molar-refractivity contribution >= 4 is 17.6 Å². The van der Waals surface area contributed by atoms with E-state index in [-0.39, 0.29) is 36.0 Å². The maximum atomic E-state index is 12.4. The summed E-state index contributed by atoms with van der Waals surface area (Å²) in [5, 5.41) is 0. The first kappa shape index (κ1) is 15.5. The molecule has 0 spiro atoms. The number of carbonyl (C=O) groups excluding carboxylic acids is 3. The molecule has 0 unspecified atom stereocenters. The largest absolute Gasteiger partial charge is 0.494 e. The number of amides is 2. The highest BCUT2D eigenvalue weighted by atomic mass is 16.5. The zero-order valence-electron chi connectivity index (χ0n) is 13.0. The highest BCUT2D eigenvalue weighted by Crippen LogP contribution is 2.35. The average Bonchev–Trinajstić information content (AvgIpc) is 2.81. The van der Waals surface area contributed by atoms with E-state index in [2.05, 4.69) is 0 Å². The second-order valence-electron chi connectivity index (χ2n) is 5.80. The number of imide groups is 1. The number of hydrogen-bond acceptors (Lipinski definition) is 4. The Kier molecular flexibility index (Phi) is 4.28. The predicted octanol–water partition coefficient (Wildman–Crippen LogP) is 2.22. The molecule has 0 N–H and O–H groups in total. The molecule has 2 aliphatic rings. The quantitative estimate of drug-likeness (QED) is 0.475. The average molecular weight is 313 g/mol. The van der Waals surface area contributed by atoms with E-state index in [0.717, 1.165) is 4.90 Å². The fourth-order valence-electron chi connectivity index (χ4n) is 3.16. The van der Waals surface area contributed by atoms with E-state index < -0.39 is 0 Å². The summed E-state index contributed by atoms with van der Waals surface area (Å²) in [6.07, 6.45) is 5.04. The van der Waals surface area contributed by atoms with Crippen LogP contribution in [0.5, 0.6) is 5.75 Å². The lowest BCUT2D eigenvalue weighted by atomic mass is 9.85. The van der Waals surface area contributed by atoms with Gasteiger partial charge in [0.15, 0.2) is 5.78 Å². The maximum Gasteiger partial charge on any atom is 0.233 e. The van der Waals surface area contributed by atoms with Gasteiger partial charge in [-0.1, -0.05) is 12.2 Å². The summed E-state index contributed by atoms with van der Waals surface area (Å²) in [6.45, 7) is 2.26. The minimum Gasteiger partial charge on any atom is -0.494 e. The molecule has 0 saturated carbocycles. The Morgan fingerprint density at radius 1 is 1.09 bits per heavy atom. The van der Waals surface area contributed by atoms with Gasteiger partial charge in [-0.05, 0) is 44.0 Å². The third kappa shape index (κ3) is 2.91. The molecule has 120 valence electrons. The number of benzene rings is 1. The van der Waals surface area contributed by atoms with Crippen molar-refractivity contribution in [2.24, 2.45) is 11.8 Å². The molecule has 1 aromatic carbocycles. The molecular formula is C18H19NO4. The van der Waals surface area contributed by atoms with Crippen LogP contribution in [0.25, 0.3) is 0 Å². The second-order valence-corrected chi connectivity index (χ2v) is 5.80. The lowest BCUT2D eigenvalue weighted by molar-refractivity contribution is -0.139. The van der Waals surface area contributed by atoms with Gasteiger partial charge in [-0.15, -0.1) is 0 Å². The molecule has 3 rings (SSSR count). The molecule has 1 fully saturated rings. The molecule has 0 radical (unpaired) electrons. The van der Waals surface area contributed by atoms with Crippen LogP contribution in [0.4, 0.5) is 0 Å². The Hall–Kier alpha value is -2.43. The SMILES string of the molecule is CCOc1ccc(C(=O)CN2C(=O)[C@H]3CC=CC[C@@H]3C2=O)cc1. The molecule has 2 amide bonds. The molecule has 1 saturated heterocycles. The van der Waals surface area contributed by atoms with Gasteiger partial charge < -0.3 is 4.74 Å². The van der Waals surface area contributed by atoms with Crippen molar-refractivity contribution in [3.63, 3.8) is 0 Å². The zero-order valence-corrected chi connectivity index (χ0v) is 13.0. The van der Waals surface area contributed by atoms with Crippen LogP contribution in [-0.2, 0) is 9.59 Å². The Balaban J connectivity index is 1.70. The molecular weight excluding hydrogens is 294 g/mol. The van der Waals surface area contributed by atoms with Crippen molar-refractivity contribution in [3.05, 3.63) is 42.0 Å². The molecule has 5 nitrogen and oxygen atoms in total. The molecule has 0 aromatic heterocycles. The molecule has 1 heterocycles. The first-order chi connectivity index (χ1) is 11.1. The van der Waals surface area contributed by atoms with Crippen molar-refractivity contribution < 1.29 is 19.1 Å². The normalized spacial score (nSPS) is 23.1. The summed E-state index contributed by atoms with van der Waals surface area (Å²) < 4.78 is 5.34. The highest BCUT2D eigenvalue weighted by Gasteiger charge is 2.47. The molecule has 2 atom stereocenters. The summed E-state index contributed by atoms with van der Waals surface area (Å²) in [7, 11) is 0. The number of nitrogens with zero attached hydrogens (tertiary/aromatic N) is 1. The number of Topliss-reactive ketones (excluding diaryl/α,β-unsaturated/α-hetero) is 1. The van der Waals surface area contributed by atoms with E-state index in [1.165, 1.54) is 0 Å². The van der Waals surface area contributed by atoms with Crippen LogP contribution in [0.1, 0.15) is 30.1 Å². The van der Waals surface area contributed by atoms with Crippen molar-refractivity contribution in [1.82, 2.24) is 4.90 Å². The lowest BCUT2D eigenvalue weighted by Gasteiger charge is -2.14. The first-order valence-electron chi connectivity index (χ1n) is 7.88. The maximum absolute atomic E-state index is 12.4. The minimum atomic E-state index is -0.291. The van der Waals surface area contributed by atoms with Gasteiger partial charge in [0.25, 0.3) is 0 Å². The van der Waals surface area contributed by atoms with Crippen molar-refractivity contribution in [1.29, 1.82) is 0 Å². The van der Waals surface area contributed by atoms with Crippen molar-refractivity contribution in [2.75, 3.05) is 13.2 Å². The van der Waals surface area contributed by atoms with Gasteiger partial charge in [-0.3, -0.25) is 19.3 Å². The smallest absolute Gasteiger partial charge is 0.233 e. The number of likely N-dealkylation sites (tertiary alicyclic amines) is 1. The fraction of sp³-hybridized carbons (Fsp3) is 0.389. The van der Waals surface area contributed by atoms with Gasteiger partial charge >= 0.3 is 0 Å². The van der Waals surface area contributed by atoms with Crippen LogP contribution in [0, 0.1) is 11.8 Å². The molecule has 5 heteroatoms. The number of allylic oxidation sites excluding steroid dienone is 2. The van der Waals surface area contributed by atoms with Crippen molar-refractivity contribution in [3.8, 4) is 5.75 Å². The Labute approximate surface area is 134 Å². The van der Waals surface area contributed by atoms with E-state index in [1.54, 1.807) is 24.3 Å². The van der Waals surface area contributed by atoms with Crippen molar-refractivity contribution in [2.45, 2.75) is 19.8 Å². The number of fused-ring (bicyclic) bond motifs is 1. The zero-order chi connectivity index (χ0) is 16.4. The molecule has 23 heavy (non-hydrogen) atoms. The van der Waals surface area contributed by atoms with E-state index in [0.29, 0.717) is 30.8 Å². The lowest BCUT2D eigenvalue weighted by Crippen LogP contribution is -2.36. The Bertz CT molecular complexity index is 636. The third-order valence-corrected chi connectivity index (χ3v) is 4.39. The highest BCUT2D eigenvalue weighted by molar-refractivity contribution is 6.10. The molecule has 0 bridgehead atoms. The Morgan fingerprint density at radius 3 is 2.17 bits per heavy atom. The summed E-state index contributed by atoms with van der Waals surface area (Å²) >= 11 is 0. The number of ether oxygens (including phenoxy) is 1. The number of rotatable bonds is 5. The Morgan fingerprint density at radius 2 is 1.65 bits per heavy atom. The number of hydrogen-bond donors (Lipinski definition) is 0. The van der Waals surface area contributed by atoms with Gasteiger partial charge in [0.2, 0.25) is 11.8 Å².